The molecule has 2 saturated heterocycles. The van der Waals surface area contributed by atoms with E-state index in [0.29, 0.717) is 5.56 Å². The second kappa shape index (κ2) is 8.80. The topological polar surface area (TPSA) is 116 Å². The molecule has 178 valence electrons. The van der Waals surface area contributed by atoms with Gasteiger partial charge in [0, 0.05) is 11.1 Å². The average molecular weight is 477 g/mol. The number of hydrogen-bond donors (Lipinski definition) is 2. The SMILES string of the molecule is O=C(O)[C@@H]1O[C@@H]2CO[C@H](c3ccccc3)O[C@@H]2[C@H](n2cc(-c3cc(F)c(F)c(F)c3)nn2)[C@H]1O. The lowest BCUT2D eigenvalue weighted by Crippen LogP contribution is -2.61. The number of fused-ring (bicyclic) bond motifs is 1. The molecule has 0 amide bonds. The zero-order chi connectivity index (χ0) is 24.0. The molecule has 2 fully saturated rings. The number of aliphatic hydroxyl groups is 1. The molecule has 0 saturated carbocycles. The summed E-state index contributed by atoms with van der Waals surface area (Å²) in [6.07, 6.45) is -4.53. The first kappa shape index (κ1) is 22.5. The van der Waals surface area contributed by atoms with Crippen LogP contribution in [0.1, 0.15) is 17.9 Å². The summed E-state index contributed by atoms with van der Waals surface area (Å²) >= 11 is 0. The first-order valence-electron chi connectivity index (χ1n) is 10.3. The number of benzene rings is 2. The largest absolute Gasteiger partial charge is 0.479 e. The third-order valence-corrected chi connectivity index (χ3v) is 5.79. The summed E-state index contributed by atoms with van der Waals surface area (Å²) in [5.74, 6) is -5.82. The van der Waals surface area contributed by atoms with E-state index in [2.05, 4.69) is 10.3 Å². The van der Waals surface area contributed by atoms with Crippen LogP contribution < -0.4 is 0 Å². The van der Waals surface area contributed by atoms with Crippen molar-refractivity contribution in [1.82, 2.24) is 15.0 Å². The van der Waals surface area contributed by atoms with Crippen molar-refractivity contribution in [3.8, 4) is 11.3 Å². The van der Waals surface area contributed by atoms with Gasteiger partial charge in [-0.15, -0.1) is 5.10 Å². The Morgan fingerprint density at radius 3 is 2.47 bits per heavy atom. The van der Waals surface area contributed by atoms with Crippen LogP contribution in [0.3, 0.4) is 0 Å². The Hall–Kier alpha value is -3.32. The standard InChI is InChI=1S/C22H18F3N3O6/c23-12-6-11(7-13(24)16(12)25)14-8-28(27-26-14)17-18(29)20(21(30)31)33-15-9-32-22(34-19(15)17)10-4-2-1-3-5-10/h1-8,15,17-20,22,29H,9H2,(H,30,31)/t15-,17-,18-,19+,20-,22+/m1/s1. The van der Waals surface area contributed by atoms with Crippen LogP contribution in [-0.2, 0) is 19.0 Å². The Morgan fingerprint density at radius 2 is 1.79 bits per heavy atom. The van der Waals surface area contributed by atoms with Gasteiger partial charge in [-0.2, -0.15) is 0 Å². The van der Waals surface area contributed by atoms with Crippen LogP contribution in [0.2, 0.25) is 0 Å². The lowest BCUT2D eigenvalue weighted by atomic mass is 9.91. The van der Waals surface area contributed by atoms with Gasteiger partial charge in [-0.25, -0.2) is 22.6 Å². The summed E-state index contributed by atoms with van der Waals surface area (Å²) in [7, 11) is 0. The fourth-order valence-electron chi connectivity index (χ4n) is 4.16. The highest BCUT2D eigenvalue weighted by molar-refractivity contribution is 5.73. The number of carboxylic acid groups (broad SMARTS) is 1. The predicted octanol–water partition coefficient (Wildman–Crippen LogP) is 2.23. The molecular weight excluding hydrogens is 459 g/mol. The summed E-state index contributed by atoms with van der Waals surface area (Å²) in [6, 6.07) is 9.40. The maximum atomic E-state index is 13.7. The van der Waals surface area contributed by atoms with Crippen LogP contribution in [-0.4, -0.2) is 62.2 Å². The number of carboxylic acids is 1. The van der Waals surface area contributed by atoms with Crippen molar-refractivity contribution in [3.63, 3.8) is 0 Å². The molecule has 2 N–H and O–H groups in total. The molecule has 6 atom stereocenters. The maximum Gasteiger partial charge on any atom is 0.335 e. The molecule has 3 aromatic rings. The molecule has 9 nitrogen and oxygen atoms in total. The van der Waals surface area contributed by atoms with E-state index in [1.165, 1.54) is 6.20 Å². The summed E-state index contributed by atoms with van der Waals surface area (Å²) in [4.78, 5) is 11.7. The van der Waals surface area contributed by atoms with Gasteiger partial charge in [-0.1, -0.05) is 35.5 Å². The number of nitrogens with zero attached hydrogens (tertiary/aromatic N) is 3. The zero-order valence-electron chi connectivity index (χ0n) is 17.3. The third-order valence-electron chi connectivity index (χ3n) is 5.79. The molecule has 0 spiro atoms. The molecular formula is C22H18F3N3O6. The number of hydrogen-bond acceptors (Lipinski definition) is 7. The van der Waals surface area contributed by atoms with Gasteiger partial charge in [-0.05, 0) is 12.1 Å². The predicted molar refractivity (Wildman–Crippen MR) is 107 cm³/mol. The van der Waals surface area contributed by atoms with Crippen LogP contribution in [0.4, 0.5) is 13.2 Å². The molecule has 1 aromatic heterocycles. The van der Waals surface area contributed by atoms with Gasteiger partial charge in [0.05, 0.1) is 12.8 Å². The van der Waals surface area contributed by atoms with Gasteiger partial charge in [0.1, 0.15) is 30.0 Å². The van der Waals surface area contributed by atoms with Crippen molar-refractivity contribution in [3.05, 3.63) is 71.7 Å². The number of halogens is 3. The molecule has 3 heterocycles. The van der Waals surface area contributed by atoms with Crippen molar-refractivity contribution in [2.24, 2.45) is 0 Å². The van der Waals surface area contributed by atoms with E-state index in [1.807, 2.05) is 6.07 Å². The maximum absolute atomic E-state index is 13.7. The summed E-state index contributed by atoms with van der Waals surface area (Å²) in [5.41, 5.74) is 0.586. The Bertz CT molecular complexity index is 1190. The minimum atomic E-state index is -1.62. The van der Waals surface area contributed by atoms with Crippen molar-refractivity contribution in [1.29, 1.82) is 0 Å². The number of ether oxygens (including phenoxy) is 3. The zero-order valence-corrected chi connectivity index (χ0v) is 17.3. The Kier molecular flexibility index (Phi) is 5.81. The quantitative estimate of drug-likeness (QED) is 0.550. The Balaban J connectivity index is 1.50. The normalized spacial score (nSPS) is 28.9. The number of aliphatic carboxylic acids is 1. The number of carbonyl (C=O) groups is 1. The van der Waals surface area contributed by atoms with Crippen LogP contribution in [0.5, 0.6) is 0 Å². The molecule has 0 bridgehead atoms. The average Bonchev–Trinajstić information content (AvgIpc) is 3.31. The number of aliphatic hydroxyl groups excluding tert-OH is 1. The van der Waals surface area contributed by atoms with E-state index >= 15 is 0 Å². The minimum Gasteiger partial charge on any atom is -0.479 e. The van der Waals surface area contributed by atoms with E-state index in [-0.39, 0.29) is 17.9 Å². The molecule has 0 radical (unpaired) electrons. The van der Waals surface area contributed by atoms with Crippen LogP contribution in [0.25, 0.3) is 11.3 Å². The molecule has 12 heteroatoms. The number of rotatable bonds is 4. The Morgan fingerprint density at radius 1 is 1.09 bits per heavy atom. The van der Waals surface area contributed by atoms with Crippen molar-refractivity contribution in [2.75, 3.05) is 6.61 Å². The molecule has 2 aromatic carbocycles. The second-order valence-electron chi connectivity index (χ2n) is 7.93. The van der Waals surface area contributed by atoms with E-state index < -0.39 is 60.2 Å². The number of aromatic nitrogens is 3. The van der Waals surface area contributed by atoms with Gasteiger partial charge in [0.2, 0.25) is 0 Å². The third kappa shape index (κ3) is 3.94. The molecule has 0 aliphatic carbocycles. The van der Waals surface area contributed by atoms with E-state index in [0.717, 1.165) is 16.8 Å². The van der Waals surface area contributed by atoms with Gasteiger partial charge in [0.15, 0.2) is 29.8 Å². The highest BCUT2D eigenvalue weighted by atomic mass is 19.2. The van der Waals surface area contributed by atoms with E-state index in [1.54, 1.807) is 24.3 Å². The highest BCUT2D eigenvalue weighted by Crippen LogP contribution is 2.39. The van der Waals surface area contributed by atoms with Crippen molar-refractivity contribution in [2.45, 2.75) is 36.7 Å². The first-order chi connectivity index (χ1) is 16.3. The van der Waals surface area contributed by atoms with Gasteiger partial charge < -0.3 is 24.4 Å². The van der Waals surface area contributed by atoms with E-state index in [9.17, 15) is 28.2 Å². The fraction of sp³-hybridized carbons (Fsp3) is 0.318. The van der Waals surface area contributed by atoms with Gasteiger partial charge in [-0.3, -0.25) is 0 Å². The molecule has 34 heavy (non-hydrogen) atoms. The lowest BCUT2D eigenvalue weighted by molar-refractivity contribution is -0.314. The van der Waals surface area contributed by atoms with Crippen LogP contribution in [0.15, 0.2) is 48.7 Å². The monoisotopic (exact) mass is 477 g/mol. The summed E-state index contributed by atoms with van der Waals surface area (Å²) < 4.78 is 59.2. The summed E-state index contributed by atoms with van der Waals surface area (Å²) in [6.45, 7) is -0.0207. The minimum absolute atomic E-state index is 0.0207. The first-order valence-corrected chi connectivity index (χ1v) is 10.3. The van der Waals surface area contributed by atoms with Crippen molar-refractivity contribution < 1.29 is 42.4 Å². The second-order valence-corrected chi connectivity index (χ2v) is 7.93. The molecule has 0 unspecified atom stereocenters. The van der Waals surface area contributed by atoms with Crippen LogP contribution in [0, 0.1) is 17.5 Å². The van der Waals surface area contributed by atoms with Crippen molar-refractivity contribution >= 4 is 5.97 Å². The lowest BCUT2D eigenvalue weighted by Gasteiger charge is -2.47. The molecule has 2 aliphatic heterocycles. The Labute approximate surface area is 190 Å². The highest BCUT2D eigenvalue weighted by Gasteiger charge is 2.53. The van der Waals surface area contributed by atoms with Gasteiger partial charge in [0.25, 0.3) is 0 Å². The smallest absolute Gasteiger partial charge is 0.335 e. The van der Waals surface area contributed by atoms with Gasteiger partial charge >= 0.3 is 5.97 Å². The summed E-state index contributed by atoms with van der Waals surface area (Å²) in [5, 5.41) is 28.2. The van der Waals surface area contributed by atoms with Crippen LogP contribution >= 0.6 is 0 Å². The molecule has 2 aliphatic rings. The fourth-order valence-corrected chi connectivity index (χ4v) is 4.16. The molecule has 5 rings (SSSR count). The van der Waals surface area contributed by atoms with E-state index in [4.69, 9.17) is 14.2 Å².